The standard InChI is InChI=1S/C22H23FN4O2.HI/c1-24-22(26-13-16-5-3-7-19(11-16)28-2)27-15-17-9-10-21(25-14-17)29-20-8-4-6-18(23)12-20;/h3-12,14H,13,15H2,1-2H3,(H2,24,26,27);1H. The third-order valence-corrected chi connectivity index (χ3v) is 4.09. The molecule has 6 nitrogen and oxygen atoms in total. The molecule has 158 valence electrons. The van der Waals surface area contributed by atoms with Crippen molar-refractivity contribution < 1.29 is 13.9 Å². The van der Waals surface area contributed by atoms with Gasteiger partial charge in [-0.1, -0.05) is 24.3 Å². The molecule has 2 aromatic carbocycles. The third-order valence-electron chi connectivity index (χ3n) is 4.09. The van der Waals surface area contributed by atoms with Crippen LogP contribution in [0.15, 0.2) is 71.9 Å². The van der Waals surface area contributed by atoms with Gasteiger partial charge in [-0.25, -0.2) is 9.37 Å². The zero-order chi connectivity index (χ0) is 20.5. The first-order valence-electron chi connectivity index (χ1n) is 9.12. The van der Waals surface area contributed by atoms with Gasteiger partial charge in [0.05, 0.1) is 7.11 Å². The lowest BCUT2D eigenvalue weighted by atomic mass is 10.2. The molecule has 1 aromatic heterocycles. The molecule has 3 aromatic rings. The van der Waals surface area contributed by atoms with Gasteiger partial charge in [0, 0.05) is 38.5 Å². The maximum Gasteiger partial charge on any atom is 0.219 e. The minimum atomic E-state index is -0.351. The summed E-state index contributed by atoms with van der Waals surface area (Å²) >= 11 is 0. The van der Waals surface area contributed by atoms with Crippen LogP contribution >= 0.6 is 24.0 Å². The van der Waals surface area contributed by atoms with Crippen LogP contribution in [-0.2, 0) is 13.1 Å². The van der Waals surface area contributed by atoms with E-state index in [0.29, 0.717) is 30.7 Å². The number of benzene rings is 2. The highest BCUT2D eigenvalue weighted by atomic mass is 127. The van der Waals surface area contributed by atoms with Crippen molar-refractivity contribution in [2.75, 3.05) is 14.2 Å². The number of hydrogen-bond acceptors (Lipinski definition) is 4. The fourth-order valence-corrected chi connectivity index (χ4v) is 2.60. The summed E-state index contributed by atoms with van der Waals surface area (Å²) in [5, 5.41) is 6.50. The fourth-order valence-electron chi connectivity index (χ4n) is 2.60. The average molecular weight is 522 g/mol. The van der Waals surface area contributed by atoms with Crippen LogP contribution in [-0.4, -0.2) is 25.1 Å². The Kier molecular flexibility index (Phi) is 9.33. The molecule has 0 saturated carbocycles. The lowest BCUT2D eigenvalue weighted by molar-refractivity contribution is 0.414. The van der Waals surface area contributed by atoms with Gasteiger partial charge < -0.3 is 20.1 Å². The number of rotatable bonds is 7. The van der Waals surface area contributed by atoms with Crippen LogP contribution in [0.3, 0.4) is 0 Å². The molecule has 1 heterocycles. The maximum absolute atomic E-state index is 13.2. The van der Waals surface area contributed by atoms with Crippen molar-refractivity contribution in [2.45, 2.75) is 13.1 Å². The first-order chi connectivity index (χ1) is 14.2. The van der Waals surface area contributed by atoms with Crippen LogP contribution in [0, 0.1) is 5.82 Å². The Hall–Kier alpha value is -2.88. The van der Waals surface area contributed by atoms with Crippen LogP contribution in [0.2, 0.25) is 0 Å². The van der Waals surface area contributed by atoms with E-state index in [4.69, 9.17) is 9.47 Å². The second-order valence-corrected chi connectivity index (χ2v) is 6.19. The highest BCUT2D eigenvalue weighted by Gasteiger charge is 2.03. The molecular weight excluding hydrogens is 498 g/mol. The lowest BCUT2D eigenvalue weighted by Gasteiger charge is -2.12. The summed E-state index contributed by atoms with van der Waals surface area (Å²) in [6, 6.07) is 17.4. The minimum Gasteiger partial charge on any atom is -0.497 e. The highest BCUT2D eigenvalue weighted by Crippen LogP contribution is 2.20. The van der Waals surface area contributed by atoms with Gasteiger partial charge in [0.1, 0.15) is 17.3 Å². The van der Waals surface area contributed by atoms with Crippen LogP contribution in [0.1, 0.15) is 11.1 Å². The molecule has 0 bridgehead atoms. The summed E-state index contributed by atoms with van der Waals surface area (Å²) in [5.41, 5.74) is 2.05. The van der Waals surface area contributed by atoms with E-state index in [2.05, 4.69) is 20.6 Å². The van der Waals surface area contributed by atoms with Gasteiger partial charge in [-0.3, -0.25) is 4.99 Å². The molecule has 30 heavy (non-hydrogen) atoms. The van der Waals surface area contributed by atoms with Crippen molar-refractivity contribution >= 4 is 29.9 Å². The van der Waals surface area contributed by atoms with E-state index in [9.17, 15) is 4.39 Å². The summed E-state index contributed by atoms with van der Waals surface area (Å²) in [6.07, 6.45) is 1.71. The lowest BCUT2D eigenvalue weighted by Crippen LogP contribution is -2.36. The van der Waals surface area contributed by atoms with E-state index in [-0.39, 0.29) is 29.8 Å². The van der Waals surface area contributed by atoms with Gasteiger partial charge in [0.15, 0.2) is 5.96 Å². The van der Waals surface area contributed by atoms with E-state index in [1.807, 2.05) is 30.3 Å². The van der Waals surface area contributed by atoms with E-state index >= 15 is 0 Å². The Morgan fingerprint density at radius 3 is 2.37 bits per heavy atom. The molecule has 2 N–H and O–H groups in total. The predicted octanol–water partition coefficient (Wildman–Crippen LogP) is 4.50. The number of pyridine rings is 1. The largest absolute Gasteiger partial charge is 0.497 e. The van der Waals surface area contributed by atoms with Crippen molar-refractivity contribution in [1.29, 1.82) is 0 Å². The number of nitrogens with one attached hydrogen (secondary N) is 2. The van der Waals surface area contributed by atoms with Gasteiger partial charge >= 0.3 is 0 Å². The number of nitrogens with zero attached hydrogens (tertiary/aromatic N) is 2. The molecule has 0 aliphatic carbocycles. The summed E-state index contributed by atoms with van der Waals surface area (Å²) in [7, 11) is 3.37. The number of hydrogen-bond donors (Lipinski definition) is 2. The van der Waals surface area contributed by atoms with Gasteiger partial charge in [-0.05, 0) is 35.4 Å². The molecule has 0 aliphatic heterocycles. The van der Waals surface area contributed by atoms with Crippen molar-refractivity contribution in [3.05, 3.63) is 83.8 Å². The maximum atomic E-state index is 13.2. The normalized spacial score (nSPS) is 10.7. The number of aromatic nitrogens is 1. The third kappa shape index (κ3) is 7.18. The molecule has 0 unspecified atom stereocenters. The number of aliphatic imine (C=N–C) groups is 1. The Labute approximate surface area is 192 Å². The van der Waals surface area contributed by atoms with Crippen LogP contribution in [0.4, 0.5) is 4.39 Å². The van der Waals surface area contributed by atoms with E-state index in [1.54, 1.807) is 38.6 Å². The van der Waals surface area contributed by atoms with Gasteiger partial charge in [-0.2, -0.15) is 0 Å². The molecule has 0 atom stereocenters. The van der Waals surface area contributed by atoms with Gasteiger partial charge in [-0.15, -0.1) is 24.0 Å². The van der Waals surface area contributed by atoms with E-state index in [1.165, 1.54) is 12.1 Å². The van der Waals surface area contributed by atoms with E-state index in [0.717, 1.165) is 16.9 Å². The van der Waals surface area contributed by atoms with Gasteiger partial charge in [0.25, 0.3) is 0 Å². The Balaban J connectivity index is 0.00000320. The predicted molar refractivity (Wildman–Crippen MR) is 126 cm³/mol. The highest BCUT2D eigenvalue weighted by molar-refractivity contribution is 14.0. The minimum absolute atomic E-state index is 0. The van der Waals surface area contributed by atoms with Crippen molar-refractivity contribution in [3.8, 4) is 17.4 Å². The first-order valence-corrected chi connectivity index (χ1v) is 9.12. The fraction of sp³-hybridized carbons (Fsp3) is 0.182. The molecule has 0 fully saturated rings. The quantitative estimate of drug-likeness (QED) is 0.272. The molecule has 3 rings (SSSR count). The second kappa shape index (κ2) is 12.0. The molecule has 0 spiro atoms. The topological polar surface area (TPSA) is 67.8 Å². The van der Waals surface area contributed by atoms with E-state index < -0.39 is 0 Å². The number of methoxy groups -OCH3 is 1. The molecular formula is C22H24FIN4O2. The van der Waals surface area contributed by atoms with Crippen molar-refractivity contribution in [3.63, 3.8) is 0 Å². The zero-order valence-corrected chi connectivity index (χ0v) is 19.1. The van der Waals surface area contributed by atoms with Gasteiger partial charge in [0.2, 0.25) is 5.88 Å². The smallest absolute Gasteiger partial charge is 0.219 e. The summed E-state index contributed by atoms with van der Waals surface area (Å²) in [4.78, 5) is 8.49. The zero-order valence-electron chi connectivity index (χ0n) is 16.8. The molecule has 0 aliphatic rings. The number of ether oxygens (including phenoxy) is 2. The Morgan fingerprint density at radius 1 is 0.967 bits per heavy atom. The van der Waals surface area contributed by atoms with Crippen molar-refractivity contribution in [1.82, 2.24) is 15.6 Å². The molecule has 0 amide bonds. The Bertz CT molecular complexity index is 967. The number of guanidine groups is 1. The average Bonchev–Trinajstić information content (AvgIpc) is 2.75. The van der Waals surface area contributed by atoms with Crippen LogP contribution in [0.25, 0.3) is 0 Å². The summed E-state index contributed by atoms with van der Waals surface area (Å²) < 4.78 is 24.0. The SMILES string of the molecule is CN=C(NCc1ccc(Oc2cccc(F)c2)nc1)NCc1cccc(OC)c1.I. The second-order valence-electron chi connectivity index (χ2n) is 6.19. The monoisotopic (exact) mass is 522 g/mol. The molecule has 0 saturated heterocycles. The Morgan fingerprint density at radius 2 is 1.70 bits per heavy atom. The number of halogens is 2. The summed E-state index contributed by atoms with van der Waals surface area (Å²) in [6.45, 7) is 1.17. The first kappa shape index (κ1) is 23.4. The summed E-state index contributed by atoms with van der Waals surface area (Å²) in [5.74, 6) is 1.95. The molecule has 0 radical (unpaired) electrons. The van der Waals surface area contributed by atoms with Crippen LogP contribution in [0.5, 0.6) is 17.4 Å². The van der Waals surface area contributed by atoms with Crippen LogP contribution < -0.4 is 20.1 Å². The molecule has 8 heteroatoms. The van der Waals surface area contributed by atoms with Crippen molar-refractivity contribution in [2.24, 2.45) is 4.99 Å².